The molecule has 0 bridgehead atoms. The summed E-state index contributed by atoms with van der Waals surface area (Å²) in [4.78, 5) is 16.5. The van der Waals surface area contributed by atoms with Crippen molar-refractivity contribution in [3.05, 3.63) is 58.7 Å². The normalized spacial score (nSPS) is 18.1. The fourth-order valence-corrected chi connectivity index (χ4v) is 3.92. The van der Waals surface area contributed by atoms with Gasteiger partial charge in [-0.15, -0.1) is 0 Å². The van der Waals surface area contributed by atoms with E-state index in [4.69, 9.17) is 5.41 Å². The number of thioether (sulfide) groups is 1. The molecule has 27 heavy (non-hydrogen) atoms. The topological polar surface area (TPSA) is 73.8 Å². The van der Waals surface area contributed by atoms with Gasteiger partial charge in [0.05, 0.1) is 10.6 Å². The molecule has 1 aromatic carbocycles. The molecule has 2 aliphatic rings. The number of fused-ring (bicyclic) bond motifs is 1. The molecule has 1 amide bonds. The van der Waals surface area contributed by atoms with Crippen LogP contribution >= 0.6 is 11.8 Å². The van der Waals surface area contributed by atoms with Crippen LogP contribution in [0.1, 0.15) is 23.9 Å². The fourth-order valence-electron chi connectivity index (χ4n) is 3.19. The van der Waals surface area contributed by atoms with Gasteiger partial charge in [-0.25, -0.2) is 4.39 Å². The van der Waals surface area contributed by atoms with Gasteiger partial charge in [0.1, 0.15) is 5.82 Å². The molecule has 0 aliphatic carbocycles. The number of aliphatic imine (C=N–C) groups is 1. The van der Waals surface area contributed by atoms with E-state index in [2.05, 4.69) is 10.1 Å². The van der Waals surface area contributed by atoms with E-state index in [1.165, 1.54) is 28.9 Å². The van der Waals surface area contributed by atoms with Crippen LogP contribution in [0.15, 0.2) is 46.0 Å². The number of halogens is 1. The average Bonchev–Trinajstić information content (AvgIpc) is 3.10. The molecule has 0 unspecified atom stereocenters. The molecule has 2 aromatic rings. The quantitative estimate of drug-likeness (QED) is 0.803. The molecule has 0 spiro atoms. The standard InChI is InChI=1S/C19H16FN5OS/c1-10-7-13(11(2)24(10)15-6-4-5-14(20)9-15)8-16-17(21)25-19(22-18(16)26)27-12(3)23-25/h4-9,21H,1-3H3/b16-8-,21-17?. The molecule has 1 aromatic heterocycles. The molecule has 136 valence electrons. The van der Waals surface area contributed by atoms with Crippen LogP contribution in [0.5, 0.6) is 0 Å². The number of amides is 1. The summed E-state index contributed by atoms with van der Waals surface area (Å²) in [5, 5.41) is 15.1. The summed E-state index contributed by atoms with van der Waals surface area (Å²) in [5.74, 6) is -0.769. The van der Waals surface area contributed by atoms with Gasteiger partial charge in [0.25, 0.3) is 5.91 Å². The van der Waals surface area contributed by atoms with Crippen LogP contribution in [0.25, 0.3) is 11.8 Å². The minimum absolute atomic E-state index is 0.00455. The largest absolute Gasteiger partial charge is 0.318 e. The lowest BCUT2D eigenvalue weighted by atomic mass is 10.1. The van der Waals surface area contributed by atoms with Gasteiger partial charge in [0, 0.05) is 17.1 Å². The van der Waals surface area contributed by atoms with Crippen LogP contribution in [0.4, 0.5) is 4.39 Å². The lowest BCUT2D eigenvalue weighted by Gasteiger charge is -2.20. The maximum Gasteiger partial charge on any atom is 0.283 e. The van der Waals surface area contributed by atoms with Gasteiger partial charge in [0.2, 0.25) is 5.17 Å². The molecule has 8 heteroatoms. The van der Waals surface area contributed by atoms with Crippen LogP contribution in [0.2, 0.25) is 0 Å². The first kappa shape index (κ1) is 17.4. The minimum Gasteiger partial charge on any atom is -0.318 e. The van der Waals surface area contributed by atoms with Crippen molar-refractivity contribution in [3.8, 4) is 5.69 Å². The molecular formula is C19H16FN5OS. The lowest BCUT2D eigenvalue weighted by molar-refractivity contribution is -0.114. The van der Waals surface area contributed by atoms with E-state index in [1.54, 1.807) is 19.1 Å². The van der Waals surface area contributed by atoms with Gasteiger partial charge < -0.3 is 4.57 Å². The maximum absolute atomic E-state index is 13.6. The van der Waals surface area contributed by atoms with E-state index in [1.807, 2.05) is 30.5 Å². The van der Waals surface area contributed by atoms with Crippen molar-refractivity contribution in [1.82, 2.24) is 9.58 Å². The number of benzene rings is 1. The lowest BCUT2D eigenvalue weighted by Crippen LogP contribution is -2.35. The Morgan fingerprint density at radius 1 is 1.22 bits per heavy atom. The first-order valence-corrected chi connectivity index (χ1v) is 9.08. The number of hydrazone groups is 1. The molecule has 3 heterocycles. The first-order valence-electron chi connectivity index (χ1n) is 8.27. The number of carbonyl (C=O) groups is 1. The Balaban J connectivity index is 1.78. The second-order valence-corrected chi connectivity index (χ2v) is 7.44. The van der Waals surface area contributed by atoms with E-state index in [0.717, 1.165) is 22.0 Å². The predicted molar refractivity (Wildman–Crippen MR) is 106 cm³/mol. The van der Waals surface area contributed by atoms with Crippen molar-refractivity contribution in [1.29, 1.82) is 5.41 Å². The summed E-state index contributed by atoms with van der Waals surface area (Å²) in [7, 11) is 0. The number of hydrogen-bond donors (Lipinski definition) is 1. The van der Waals surface area contributed by atoms with Gasteiger partial charge in [0.15, 0.2) is 5.84 Å². The van der Waals surface area contributed by atoms with Crippen molar-refractivity contribution in [2.45, 2.75) is 20.8 Å². The number of carbonyl (C=O) groups excluding carboxylic acids is 1. The molecule has 0 saturated heterocycles. The van der Waals surface area contributed by atoms with Crippen LogP contribution in [-0.4, -0.2) is 31.5 Å². The first-order chi connectivity index (χ1) is 12.8. The van der Waals surface area contributed by atoms with E-state index >= 15 is 0 Å². The number of amidine groups is 2. The Bertz CT molecular complexity index is 1100. The second kappa shape index (κ2) is 6.31. The number of nitrogens with zero attached hydrogens (tertiary/aromatic N) is 4. The number of rotatable bonds is 2. The Morgan fingerprint density at radius 3 is 2.74 bits per heavy atom. The molecule has 0 radical (unpaired) electrons. The Labute approximate surface area is 159 Å². The molecule has 0 fully saturated rings. The van der Waals surface area contributed by atoms with Crippen molar-refractivity contribution in [2.24, 2.45) is 10.1 Å². The van der Waals surface area contributed by atoms with Crippen molar-refractivity contribution in [3.63, 3.8) is 0 Å². The molecular weight excluding hydrogens is 365 g/mol. The van der Waals surface area contributed by atoms with Gasteiger partial charge in [-0.2, -0.15) is 15.1 Å². The van der Waals surface area contributed by atoms with E-state index in [0.29, 0.717) is 10.9 Å². The number of hydrogen-bond acceptors (Lipinski definition) is 4. The van der Waals surface area contributed by atoms with E-state index < -0.39 is 5.91 Å². The van der Waals surface area contributed by atoms with Crippen LogP contribution in [0.3, 0.4) is 0 Å². The van der Waals surface area contributed by atoms with Gasteiger partial charge in [-0.3, -0.25) is 10.2 Å². The zero-order valence-electron chi connectivity index (χ0n) is 14.9. The Hall–Kier alpha value is -3.00. The summed E-state index contributed by atoms with van der Waals surface area (Å²) < 4.78 is 15.5. The summed E-state index contributed by atoms with van der Waals surface area (Å²) in [6.07, 6.45) is 1.65. The van der Waals surface area contributed by atoms with Crippen LogP contribution in [-0.2, 0) is 4.79 Å². The van der Waals surface area contributed by atoms with Crippen molar-refractivity contribution >= 4 is 39.8 Å². The monoisotopic (exact) mass is 381 g/mol. The Morgan fingerprint density at radius 2 is 2.00 bits per heavy atom. The highest BCUT2D eigenvalue weighted by Gasteiger charge is 2.34. The van der Waals surface area contributed by atoms with Gasteiger partial charge in [-0.05, 0) is 68.4 Å². The van der Waals surface area contributed by atoms with Crippen LogP contribution in [0, 0.1) is 25.1 Å². The van der Waals surface area contributed by atoms with Gasteiger partial charge >= 0.3 is 0 Å². The van der Waals surface area contributed by atoms with E-state index in [-0.39, 0.29) is 17.2 Å². The molecule has 1 N–H and O–H groups in total. The third-order valence-electron chi connectivity index (χ3n) is 4.39. The summed E-state index contributed by atoms with van der Waals surface area (Å²) >= 11 is 1.27. The number of nitrogens with one attached hydrogen (secondary N) is 1. The fraction of sp³-hybridized carbons (Fsp3) is 0.158. The molecule has 6 nitrogen and oxygen atoms in total. The molecule has 0 saturated carbocycles. The zero-order chi connectivity index (χ0) is 19.3. The molecule has 4 rings (SSSR count). The maximum atomic E-state index is 13.6. The predicted octanol–water partition coefficient (Wildman–Crippen LogP) is 3.87. The van der Waals surface area contributed by atoms with Crippen molar-refractivity contribution in [2.75, 3.05) is 0 Å². The highest BCUT2D eigenvalue weighted by molar-refractivity contribution is 8.26. The number of aromatic nitrogens is 1. The van der Waals surface area contributed by atoms with Crippen LogP contribution < -0.4 is 0 Å². The average molecular weight is 381 g/mol. The molecule has 0 atom stereocenters. The second-order valence-electron chi connectivity index (χ2n) is 6.28. The Kier molecular flexibility index (Phi) is 4.07. The smallest absolute Gasteiger partial charge is 0.283 e. The third-order valence-corrected chi connectivity index (χ3v) is 5.22. The van der Waals surface area contributed by atoms with Gasteiger partial charge in [-0.1, -0.05) is 6.07 Å². The summed E-state index contributed by atoms with van der Waals surface area (Å²) in [5.41, 5.74) is 3.40. The summed E-state index contributed by atoms with van der Waals surface area (Å²) in [6.45, 7) is 5.61. The minimum atomic E-state index is -0.459. The third kappa shape index (κ3) is 2.91. The summed E-state index contributed by atoms with van der Waals surface area (Å²) in [6, 6.07) is 8.24. The molecule has 2 aliphatic heterocycles. The van der Waals surface area contributed by atoms with E-state index in [9.17, 15) is 9.18 Å². The highest BCUT2D eigenvalue weighted by Crippen LogP contribution is 2.29. The SMILES string of the molecule is CC1=NN2C(=N)/C(=C/c3cc(C)n(-c4cccc(F)c4)c3C)C(=O)N=C2S1. The highest BCUT2D eigenvalue weighted by atomic mass is 32.2. The zero-order valence-corrected chi connectivity index (χ0v) is 15.8. The van der Waals surface area contributed by atoms with Crippen molar-refractivity contribution < 1.29 is 9.18 Å². The number of aryl methyl sites for hydroxylation is 1.